The Morgan fingerprint density at radius 3 is 2.52 bits per heavy atom. The maximum atomic E-state index is 12.0. The Labute approximate surface area is 144 Å². The van der Waals surface area contributed by atoms with Crippen LogP contribution >= 0.6 is 27.3 Å². The third kappa shape index (κ3) is 3.77. The number of carbonyl (C=O) groups excluding carboxylic acids is 2. The molecule has 3 rings (SSSR count). The van der Waals surface area contributed by atoms with Gasteiger partial charge in [0.1, 0.15) is 0 Å². The first-order chi connectivity index (χ1) is 11.1. The molecule has 0 saturated heterocycles. The molecule has 0 atom stereocenters. The summed E-state index contributed by atoms with van der Waals surface area (Å²) in [4.78, 5) is 28.0. The lowest BCUT2D eigenvalue weighted by atomic mass is 10.3. The molecule has 2 heterocycles. The van der Waals surface area contributed by atoms with Crippen LogP contribution in [0.3, 0.4) is 0 Å². The van der Waals surface area contributed by atoms with E-state index in [0.29, 0.717) is 22.8 Å². The van der Waals surface area contributed by atoms with Crippen molar-refractivity contribution < 1.29 is 14.0 Å². The average Bonchev–Trinajstić information content (AvgIpc) is 3.17. The molecule has 0 bridgehead atoms. The first-order valence-corrected chi connectivity index (χ1v) is 8.42. The van der Waals surface area contributed by atoms with Crippen LogP contribution in [0.15, 0.2) is 45.5 Å². The lowest BCUT2D eigenvalue weighted by molar-refractivity contribution is 0.0909. The molecule has 2 N–H and O–H groups in total. The Hall–Kier alpha value is -2.19. The molecule has 0 radical (unpaired) electrons. The topological polar surface area (TPSA) is 84.2 Å². The fraction of sp³-hybridized carbons (Fsp3) is 0.133. The zero-order chi connectivity index (χ0) is 16.2. The molecule has 0 aliphatic carbocycles. The van der Waals surface area contributed by atoms with Gasteiger partial charge in [-0.25, -0.2) is 4.98 Å². The van der Waals surface area contributed by atoms with Crippen molar-refractivity contribution in [3.8, 4) is 0 Å². The molecule has 0 unspecified atom stereocenters. The number of aromatic nitrogens is 1. The van der Waals surface area contributed by atoms with Gasteiger partial charge >= 0.3 is 0 Å². The van der Waals surface area contributed by atoms with Gasteiger partial charge in [0.05, 0.1) is 10.2 Å². The van der Waals surface area contributed by atoms with Gasteiger partial charge in [0, 0.05) is 13.1 Å². The molecular weight excluding hydrogens is 382 g/mol. The number of hydrogen-bond donors (Lipinski definition) is 2. The molecule has 0 aliphatic heterocycles. The molecular formula is C15H12BrN3O3S. The number of hydrogen-bond acceptors (Lipinski definition) is 5. The van der Waals surface area contributed by atoms with Crippen molar-refractivity contribution in [2.75, 3.05) is 13.1 Å². The minimum atomic E-state index is -0.329. The molecule has 23 heavy (non-hydrogen) atoms. The second kappa shape index (κ2) is 6.93. The summed E-state index contributed by atoms with van der Waals surface area (Å²) in [6, 6.07) is 10.8. The minimum Gasteiger partial charge on any atom is -0.444 e. The zero-order valence-corrected chi connectivity index (χ0v) is 14.2. The molecule has 0 saturated carbocycles. The second-order valence-electron chi connectivity index (χ2n) is 4.60. The summed E-state index contributed by atoms with van der Waals surface area (Å²) in [6.07, 6.45) is 0. The molecule has 3 aromatic rings. The fourth-order valence-electron chi connectivity index (χ4n) is 1.92. The second-order valence-corrected chi connectivity index (χ2v) is 6.41. The highest BCUT2D eigenvalue weighted by Gasteiger charge is 2.12. The molecule has 0 aliphatic rings. The van der Waals surface area contributed by atoms with Gasteiger partial charge < -0.3 is 15.1 Å². The van der Waals surface area contributed by atoms with Crippen LogP contribution in [0, 0.1) is 0 Å². The van der Waals surface area contributed by atoms with Gasteiger partial charge in [-0.05, 0) is 40.2 Å². The van der Waals surface area contributed by atoms with Crippen LogP contribution in [-0.4, -0.2) is 29.9 Å². The number of thiazole rings is 1. The standard InChI is InChI=1S/C15H12BrN3O3S/c16-12-6-5-10(22-12)13(20)17-7-8-18-14(21)15-19-9-3-1-2-4-11(9)23-15/h1-6H,7-8H2,(H,17,20)(H,18,21). The summed E-state index contributed by atoms with van der Waals surface area (Å²) in [5.41, 5.74) is 0.805. The Kier molecular flexibility index (Phi) is 4.73. The third-order valence-corrected chi connectivity index (χ3v) is 4.44. The first kappa shape index (κ1) is 15.7. The van der Waals surface area contributed by atoms with E-state index in [2.05, 4.69) is 31.5 Å². The van der Waals surface area contributed by atoms with Crippen molar-refractivity contribution in [1.29, 1.82) is 0 Å². The van der Waals surface area contributed by atoms with Crippen LogP contribution < -0.4 is 10.6 Å². The van der Waals surface area contributed by atoms with Crippen molar-refractivity contribution in [2.24, 2.45) is 0 Å². The molecule has 0 spiro atoms. The van der Waals surface area contributed by atoms with E-state index in [1.807, 2.05) is 24.3 Å². The zero-order valence-electron chi connectivity index (χ0n) is 11.8. The van der Waals surface area contributed by atoms with Crippen molar-refractivity contribution in [1.82, 2.24) is 15.6 Å². The maximum absolute atomic E-state index is 12.0. The lowest BCUT2D eigenvalue weighted by Gasteiger charge is -2.04. The number of para-hydroxylation sites is 1. The van der Waals surface area contributed by atoms with Crippen LogP contribution in [0.4, 0.5) is 0 Å². The highest BCUT2D eigenvalue weighted by molar-refractivity contribution is 9.10. The van der Waals surface area contributed by atoms with Gasteiger partial charge in [0.25, 0.3) is 11.8 Å². The van der Waals surface area contributed by atoms with Crippen molar-refractivity contribution in [3.63, 3.8) is 0 Å². The molecule has 2 amide bonds. The summed E-state index contributed by atoms with van der Waals surface area (Å²) in [5, 5.41) is 5.80. The van der Waals surface area contributed by atoms with E-state index in [9.17, 15) is 9.59 Å². The van der Waals surface area contributed by atoms with E-state index in [-0.39, 0.29) is 17.6 Å². The monoisotopic (exact) mass is 393 g/mol. The molecule has 0 fully saturated rings. The molecule has 6 nitrogen and oxygen atoms in total. The number of nitrogens with zero attached hydrogens (tertiary/aromatic N) is 1. The van der Waals surface area contributed by atoms with Crippen molar-refractivity contribution in [2.45, 2.75) is 0 Å². The number of fused-ring (bicyclic) bond motifs is 1. The summed E-state index contributed by atoms with van der Waals surface area (Å²) < 4.78 is 6.59. The largest absolute Gasteiger partial charge is 0.444 e. The molecule has 8 heteroatoms. The normalized spacial score (nSPS) is 10.7. The average molecular weight is 394 g/mol. The number of amides is 2. The number of rotatable bonds is 5. The Morgan fingerprint density at radius 1 is 1.09 bits per heavy atom. The number of nitrogens with one attached hydrogen (secondary N) is 2. The van der Waals surface area contributed by atoms with Crippen LogP contribution in [0.1, 0.15) is 20.4 Å². The number of furan rings is 1. The molecule has 1 aromatic carbocycles. The summed E-state index contributed by atoms with van der Waals surface area (Å²) >= 11 is 4.47. The molecule has 118 valence electrons. The van der Waals surface area contributed by atoms with Gasteiger partial charge in [-0.15, -0.1) is 11.3 Å². The fourth-order valence-corrected chi connectivity index (χ4v) is 3.11. The summed E-state index contributed by atoms with van der Waals surface area (Å²) in [7, 11) is 0. The highest BCUT2D eigenvalue weighted by atomic mass is 79.9. The smallest absolute Gasteiger partial charge is 0.287 e. The van der Waals surface area contributed by atoms with E-state index < -0.39 is 0 Å². The summed E-state index contributed by atoms with van der Waals surface area (Å²) in [6.45, 7) is 0.607. The lowest BCUT2D eigenvalue weighted by Crippen LogP contribution is -2.34. The number of carbonyl (C=O) groups is 2. The van der Waals surface area contributed by atoms with Gasteiger partial charge in [0.2, 0.25) is 0 Å². The van der Waals surface area contributed by atoms with E-state index in [0.717, 1.165) is 10.2 Å². The predicted octanol–water partition coefficient (Wildman–Crippen LogP) is 2.81. The highest BCUT2D eigenvalue weighted by Crippen LogP contribution is 2.21. The summed E-state index contributed by atoms with van der Waals surface area (Å²) in [5.74, 6) is -0.361. The third-order valence-electron chi connectivity index (χ3n) is 2.98. The van der Waals surface area contributed by atoms with Crippen LogP contribution in [0.5, 0.6) is 0 Å². The maximum Gasteiger partial charge on any atom is 0.287 e. The molecule has 2 aromatic heterocycles. The van der Waals surface area contributed by atoms with Gasteiger partial charge in [-0.1, -0.05) is 12.1 Å². The Bertz CT molecular complexity index is 825. The van der Waals surface area contributed by atoms with E-state index in [1.165, 1.54) is 11.3 Å². The number of halogens is 1. The SMILES string of the molecule is O=C(NCCNC(=O)c1nc2ccccc2s1)c1ccc(Br)o1. The Morgan fingerprint density at radius 2 is 1.83 bits per heavy atom. The van der Waals surface area contributed by atoms with Crippen LogP contribution in [0.25, 0.3) is 10.2 Å². The first-order valence-electron chi connectivity index (χ1n) is 6.81. The van der Waals surface area contributed by atoms with Gasteiger partial charge in [0.15, 0.2) is 15.4 Å². The Balaban J connectivity index is 1.48. The minimum absolute atomic E-state index is 0.217. The van der Waals surface area contributed by atoms with E-state index in [4.69, 9.17) is 4.42 Å². The van der Waals surface area contributed by atoms with Crippen LogP contribution in [0.2, 0.25) is 0 Å². The quantitative estimate of drug-likeness (QED) is 0.652. The van der Waals surface area contributed by atoms with Gasteiger partial charge in [-0.3, -0.25) is 9.59 Å². The predicted molar refractivity (Wildman–Crippen MR) is 90.7 cm³/mol. The van der Waals surface area contributed by atoms with Crippen LogP contribution in [-0.2, 0) is 0 Å². The van der Waals surface area contributed by atoms with Crippen molar-refractivity contribution in [3.05, 3.63) is 51.8 Å². The van der Waals surface area contributed by atoms with Gasteiger partial charge in [-0.2, -0.15) is 0 Å². The number of benzene rings is 1. The van der Waals surface area contributed by atoms with Crippen molar-refractivity contribution >= 4 is 49.3 Å². The van der Waals surface area contributed by atoms with E-state index >= 15 is 0 Å². The van der Waals surface area contributed by atoms with E-state index in [1.54, 1.807) is 12.1 Å².